The molecule has 0 atom stereocenters. The Labute approximate surface area is 716 Å². The first-order valence-corrected chi connectivity index (χ1v) is 42.9. The van der Waals surface area contributed by atoms with E-state index in [1.807, 2.05) is 0 Å². The van der Waals surface area contributed by atoms with E-state index in [9.17, 15) is 0 Å². The average Bonchev–Trinajstić information content (AvgIpc) is 1.57. The molecule has 0 aliphatic heterocycles. The van der Waals surface area contributed by atoms with Gasteiger partial charge in [0.25, 0.3) is 0 Å². The molecule has 25 rings (SSSR count). The van der Waals surface area contributed by atoms with Crippen LogP contribution in [0.2, 0.25) is 0 Å². The van der Waals surface area contributed by atoms with E-state index in [2.05, 4.69) is 475 Å². The van der Waals surface area contributed by atoms with Crippen LogP contribution < -0.4 is 0 Å². The standard InChI is InChI=1S/C42H26.C41H30.C40H26/c1-2-10-27(11-3-1)40-34-16-4-6-18-36(34)41(37-19-7-5-17-35(37)40)32-15-9-14-31(26-32)33-24-22-30-21-20-28-12-8-13-29-23-25-38(33)42(30)39(28)29;1-41(2)37-19-11-10-14-31(37)32-25-24-30(26-38(32)41)27-20-22-29(23-21-27)40-35-17-8-6-15-33(35)39(28-12-4-3-5-13-28)34-16-7-9-18-36(34)40;1-2-13-27(14-3-1)39-34-21-8-10-23-36(34)40(37-24-11-9-22-35(37)39)30-17-12-16-28(25-30)38-26-29-15-4-5-18-31(29)32-19-6-7-20-33(32)38/h1-26H;3-26H,1-2H3;1-26H. The molecule has 24 aromatic carbocycles. The SMILES string of the molecule is CC1(C)c2ccccc2-c2ccc(-c3ccc(-c4c5ccccc5c(-c5ccccc5)c5ccccc45)cc3)cc21.c1ccc(-c2c3ccccc3c(-c3cccc(-c4cc5ccccc5c5ccccc45)c3)c3ccccc23)cc1.c1ccc(-c2c3ccccc3c(-c3cccc(-c4ccc5ccc6cccc7ccc4c5c67)c3)c3ccccc23)cc1. The average molecular weight is 1560 g/mol. The van der Waals surface area contributed by atoms with Crippen molar-refractivity contribution in [2.45, 2.75) is 19.3 Å². The van der Waals surface area contributed by atoms with E-state index in [-0.39, 0.29) is 5.41 Å². The quantitative estimate of drug-likeness (QED) is 0.0998. The summed E-state index contributed by atoms with van der Waals surface area (Å²) in [5, 5.41) is 28.5. The van der Waals surface area contributed by atoms with E-state index in [1.165, 1.54) is 241 Å². The van der Waals surface area contributed by atoms with Crippen molar-refractivity contribution in [2.75, 3.05) is 0 Å². The molecule has 0 bridgehead atoms. The Balaban J connectivity index is 0.000000107. The monoisotopic (exact) mass is 1560 g/mol. The van der Waals surface area contributed by atoms with Crippen LogP contribution in [0.1, 0.15) is 25.0 Å². The van der Waals surface area contributed by atoms with Gasteiger partial charge in [-0.2, -0.15) is 0 Å². The Morgan fingerprint density at radius 3 is 0.886 bits per heavy atom. The Morgan fingerprint density at radius 2 is 0.423 bits per heavy atom. The Hall–Kier alpha value is -15.6. The molecule has 0 saturated heterocycles. The van der Waals surface area contributed by atoms with Crippen molar-refractivity contribution in [3.8, 4) is 111 Å². The van der Waals surface area contributed by atoms with Gasteiger partial charge >= 0.3 is 0 Å². The topological polar surface area (TPSA) is 0 Å². The number of hydrogen-bond acceptors (Lipinski definition) is 0. The minimum absolute atomic E-state index is 0.000206. The van der Waals surface area contributed by atoms with Gasteiger partial charge in [-0.05, 0) is 265 Å². The second kappa shape index (κ2) is 30.0. The van der Waals surface area contributed by atoms with Gasteiger partial charge in [0.2, 0.25) is 0 Å². The first-order valence-electron chi connectivity index (χ1n) is 42.9. The van der Waals surface area contributed by atoms with Crippen LogP contribution in [-0.2, 0) is 5.41 Å². The van der Waals surface area contributed by atoms with Crippen molar-refractivity contribution < 1.29 is 0 Å². The van der Waals surface area contributed by atoms with Crippen LogP contribution in [0.3, 0.4) is 0 Å². The van der Waals surface area contributed by atoms with Crippen LogP contribution in [0.15, 0.2) is 461 Å². The lowest BCUT2D eigenvalue weighted by atomic mass is 9.81. The number of fused-ring (bicyclic) bond motifs is 12. The molecule has 1 aliphatic rings. The molecule has 0 amide bonds. The summed E-state index contributed by atoms with van der Waals surface area (Å²) in [6.07, 6.45) is 0. The summed E-state index contributed by atoms with van der Waals surface area (Å²) in [7, 11) is 0. The number of rotatable bonds is 9. The molecular weight excluding hydrogens is 1480 g/mol. The maximum atomic E-state index is 2.41. The number of hydrogen-bond donors (Lipinski definition) is 0. The maximum absolute atomic E-state index is 2.41. The van der Waals surface area contributed by atoms with Gasteiger partial charge in [0, 0.05) is 5.41 Å². The van der Waals surface area contributed by atoms with Gasteiger partial charge in [0.15, 0.2) is 0 Å². The van der Waals surface area contributed by atoms with E-state index in [4.69, 9.17) is 0 Å². The lowest BCUT2D eigenvalue weighted by molar-refractivity contribution is 0.660. The molecule has 1 aliphatic carbocycles. The minimum Gasteiger partial charge on any atom is -0.0622 e. The van der Waals surface area contributed by atoms with Gasteiger partial charge in [0.05, 0.1) is 0 Å². The molecular formula is C123H82. The molecule has 0 aromatic heterocycles. The van der Waals surface area contributed by atoms with Crippen LogP contribution in [0, 0.1) is 0 Å². The maximum Gasteiger partial charge on any atom is 0.0159 e. The molecule has 0 radical (unpaired) electrons. The zero-order chi connectivity index (χ0) is 81.6. The first kappa shape index (κ1) is 72.6. The number of benzene rings is 24. The fraction of sp³-hybridized carbons (Fsp3) is 0.0244. The molecule has 0 N–H and O–H groups in total. The molecule has 0 heterocycles. The molecule has 574 valence electrons. The van der Waals surface area contributed by atoms with E-state index < -0.39 is 0 Å². The Morgan fingerprint density at radius 1 is 0.130 bits per heavy atom. The molecule has 0 heteroatoms. The van der Waals surface area contributed by atoms with E-state index in [0.717, 1.165) is 0 Å². The normalized spacial score (nSPS) is 12.2. The van der Waals surface area contributed by atoms with Crippen LogP contribution in [0.5, 0.6) is 0 Å². The van der Waals surface area contributed by atoms with Gasteiger partial charge < -0.3 is 0 Å². The van der Waals surface area contributed by atoms with Crippen LogP contribution in [0.25, 0.3) is 230 Å². The molecule has 0 unspecified atom stereocenters. The highest BCUT2D eigenvalue weighted by molar-refractivity contribution is 6.28. The molecule has 24 aromatic rings. The molecule has 0 fully saturated rings. The second-order valence-corrected chi connectivity index (χ2v) is 33.5. The minimum atomic E-state index is 0.000206. The summed E-state index contributed by atoms with van der Waals surface area (Å²) in [4.78, 5) is 0. The first-order chi connectivity index (χ1) is 60.8. The summed E-state index contributed by atoms with van der Waals surface area (Å²) < 4.78 is 0. The predicted octanol–water partition coefficient (Wildman–Crippen LogP) is 34.5. The third-order valence-corrected chi connectivity index (χ3v) is 26.3. The highest BCUT2D eigenvalue weighted by atomic mass is 14.4. The molecule has 123 heavy (non-hydrogen) atoms. The van der Waals surface area contributed by atoms with Crippen molar-refractivity contribution in [3.05, 3.63) is 472 Å². The lowest BCUT2D eigenvalue weighted by Crippen LogP contribution is -2.14. The van der Waals surface area contributed by atoms with E-state index in [0.29, 0.717) is 0 Å². The van der Waals surface area contributed by atoms with Crippen molar-refractivity contribution in [3.63, 3.8) is 0 Å². The summed E-state index contributed by atoms with van der Waals surface area (Å²) in [5.74, 6) is 0. The summed E-state index contributed by atoms with van der Waals surface area (Å²) in [6, 6.07) is 169. The zero-order valence-corrected chi connectivity index (χ0v) is 68.4. The third-order valence-electron chi connectivity index (χ3n) is 26.3. The van der Waals surface area contributed by atoms with Crippen molar-refractivity contribution >= 4 is 118 Å². The highest BCUT2D eigenvalue weighted by Crippen LogP contribution is 2.53. The van der Waals surface area contributed by atoms with Crippen molar-refractivity contribution in [1.82, 2.24) is 0 Å². The summed E-state index contributed by atoms with van der Waals surface area (Å²) in [5.41, 5.74) is 28.4. The summed E-state index contributed by atoms with van der Waals surface area (Å²) in [6.45, 7) is 4.69. The van der Waals surface area contributed by atoms with Crippen LogP contribution in [0.4, 0.5) is 0 Å². The van der Waals surface area contributed by atoms with Crippen molar-refractivity contribution in [2.24, 2.45) is 0 Å². The fourth-order valence-electron chi connectivity index (χ4n) is 20.7. The highest BCUT2D eigenvalue weighted by Gasteiger charge is 2.35. The molecule has 0 spiro atoms. The Bertz CT molecular complexity index is 8110. The van der Waals surface area contributed by atoms with E-state index >= 15 is 0 Å². The van der Waals surface area contributed by atoms with Gasteiger partial charge in [-0.3, -0.25) is 0 Å². The smallest absolute Gasteiger partial charge is 0.0159 e. The predicted molar refractivity (Wildman–Crippen MR) is 530 cm³/mol. The lowest BCUT2D eigenvalue weighted by Gasteiger charge is -2.22. The zero-order valence-electron chi connectivity index (χ0n) is 68.4. The fourth-order valence-corrected chi connectivity index (χ4v) is 20.7. The third kappa shape index (κ3) is 12.3. The van der Waals surface area contributed by atoms with E-state index in [1.54, 1.807) is 0 Å². The molecule has 0 nitrogen and oxygen atoms in total. The van der Waals surface area contributed by atoms with Crippen molar-refractivity contribution in [1.29, 1.82) is 0 Å². The second-order valence-electron chi connectivity index (χ2n) is 33.5. The molecule has 0 saturated carbocycles. The van der Waals surface area contributed by atoms with Gasteiger partial charge in [-0.1, -0.05) is 451 Å². The van der Waals surface area contributed by atoms with Gasteiger partial charge in [-0.15, -0.1) is 0 Å². The largest absolute Gasteiger partial charge is 0.0622 e. The summed E-state index contributed by atoms with van der Waals surface area (Å²) >= 11 is 0. The Kier molecular flexibility index (Phi) is 17.7. The van der Waals surface area contributed by atoms with Crippen LogP contribution >= 0.6 is 0 Å². The van der Waals surface area contributed by atoms with Crippen LogP contribution in [-0.4, -0.2) is 0 Å². The van der Waals surface area contributed by atoms with Gasteiger partial charge in [0.1, 0.15) is 0 Å². The van der Waals surface area contributed by atoms with Gasteiger partial charge in [-0.25, -0.2) is 0 Å².